The number of fused-ring (bicyclic) bond motifs is 1. The van der Waals surface area contributed by atoms with Gasteiger partial charge in [-0.25, -0.2) is 4.98 Å². The summed E-state index contributed by atoms with van der Waals surface area (Å²) in [6.45, 7) is 8.76. The van der Waals surface area contributed by atoms with Crippen LogP contribution in [0.25, 0.3) is 11.6 Å². The molecule has 3 rings (SSSR count). The third-order valence-electron chi connectivity index (χ3n) is 5.58. The van der Waals surface area contributed by atoms with E-state index in [2.05, 4.69) is 18.0 Å². The van der Waals surface area contributed by atoms with E-state index >= 15 is 0 Å². The minimum atomic E-state index is -0.503. The number of benzene rings is 1. The van der Waals surface area contributed by atoms with E-state index in [0.29, 0.717) is 19.6 Å². The van der Waals surface area contributed by atoms with Gasteiger partial charge in [0.2, 0.25) is 0 Å². The molecule has 0 bridgehead atoms. The lowest BCUT2D eigenvalue weighted by Gasteiger charge is -2.27. The Balaban J connectivity index is 0.00000363. The van der Waals surface area contributed by atoms with Crippen LogP contribution in [0.3, 0.4) is 0 Å². The van der Waals surface area contributed by atoms with Crippen LogP contribution < -0.4 is 9.47 Å². The van der Waals surface area contributed by atoms with Crippen molar-refractivity contribution in [1.82, 2.24) is 9.55 Å². The SMILES string of the molecule is CCCC1Oc2ccc(OCCCC(C)(C)C(=O)OCC)cc2C=C1c1nccn1C.Cl. The Bertz CT molecular complexity index is 936. The number of hydrogen-bond acceptors (Lipinski definition) is 5. The van der Waals surface area contributed by atoms with Gasteiger partial charge in [-0.1, -0.05) is 13.3 Å². The standard InChI is InChI=1S/C25H34N2O4.ClH/c1-6-9-22-20(23-26-13-14-27(23)5)17-18-16-19(10-11-21(18)31-22)30-15-8-12-25(3,4)24(28)29-7-2;/h10-11,13-14,16-17,22H,6-9,12,15H2,1-5H3;1H. The number of esters is 1. The minimum absolute atomic E-state index is 0. The van der Waals surface area contributed by atoms with Crippen molar-refractivity contribution in [2.75, 3.05) is 13.2 Å². The first-order valence-electron chi connectivity index (χ1n) is 11.2. The molecule has 0 fully saturated rings. The Kier molecular flexibility index (Phi) is 9.20. The third-order valence-corrected chi connectivity index (χ3v) is 5.58. The molecule has 176 valence electrons. The molecule has 0 N–H and O–H groups in total. The number of carbonyl (C=O) groups is 1. The van der Waals surface area contributed by atoms with E-state index in [1.165, 1.54) is 0 Å². The van der Waals surface area contributed by atoms with E-state index < -0.39 is 5.41 Å². The zero-order valence-electron chi connectivity index (χ0n) is 19.7. The Hall–Kier alpha value is -2.47. The fraction of sp³-hybridized carbons (Fsp3) is 0.520. The molecule has 0 radical (unpaired) electrons. The number of halogens is 1. The highest BCUT2D eigenvalue weighted by Crippen LogP contribution is 2.37. The van der Waals surface area contributed by atoms with E-state index in [0.717, 1.165) is 47.7 Å². The molecule has 32 heavy (non-hydrogen) atoms. The van der Waals surface area contributed by atoms with Crippen molar-refractivity contribution >= 4 is 30.0 Å². The molecule has 1 atom stereocenters. The highest BCUT2D eigenvalue weighted by atomic mass is 35.5. The summed E-state index contributed by atoms with van der Waals surface area (Å²) in [6.07, 6.45) is 9.37. The van der Waals surface area contributed by atoms with Gasteiger partial charge in [0.1, 0.15) is 23.4 Å². The first-order valence-corrected chi connectivity index (χ1v) is 11.2. The lowest BCUT2D eigenvalue weighted by atomic mass is 9.88. The maximum atomic E-state index is 12.0. The second-order valence-electron chi connectivity index (χ2n) is 8.61. The van der Waals surface area contributed by atoms with E-state index in [1.807, 2.05) is 63.0 Å². The fourth-order valence-corrected chi connectivity index (χ4v) is 3.78. The summed E-state index contributed by atoms with van der Waals surface area (Å²) in [5.41, 5.74) is 1.58. The van der Waals surface area contributed by atoms with Crippen LogP contribution in [0.2, 0.25) is 0 Å². The summed E-state index contributed by atoms with van der Waals surface area (Å²) in [4.78, 5) is 16.5. The number of aryl methyl sites for hydroxylation is 1. The van der Waals surface area contributed by atoms with E-state index in [1.54, 1.807) is 0 Å². The molecule has 1 aliphatic rings. The molecular weight excluding hydrogens is 428 g/mol. The minimum Gasteiger partial charge on any atom is -0.494 e. The Morgan fingerprint density at radius 1 is 1.28 bits per heavy atom. The number of imidazole rings is 1. The molecule has 0 saturated carbocycles. The zero-order chi connectivity index (χ0) is 22.4. The van der Waals surface area contributed by atoms with Gasteiger partial charge in [0.25, 0.3) is 0 Å². The van der Waals surface area contributed by atoms with Gasteiger partial charge in [0.05, 0.1) is 18.6 Å². The topological polar surface area (TPSA) is 62.6 Å². The summed E-state index contributed by atoms with van der Waals surface area (Å²) >= 11 is 0. The van der Waals surface area contributed by atoms with Gasteiger partial charge in [-0.2, -0.15) is 0 Å². The van der Waals surface area contributed by atoms with Crippen molar-refractivity contribution in [2.24, 2.45) is 12.5 Å². The summed E-state index contributed by atoms with van der Waals surface area (Å²) in [6, 6.07) is 5.93. The molecular formula is C25H35ClN2O4. The molecule has 1 unspecified atom stereocenters. The largest absolute Gasteiger partial charge is 0.494 e. The quantitative estimate of drug-likeness (QED) is 0.335. The number of aromatic nitrogens is 2. The molecule has 0 spiro atoms. The molecule has 0 aliphatic carbocycles. The Labute approximate surface area is 197 Å². The molecule has 1 aromatic carbocycles. The van der Waals surface area contributed by atoms with Crippen molar-refractivity contribution in [3.63, 3.8) is 0 Å². The number of nitrogens with zero attached hydrogens (tertiary/aromatic N) is 2. The van der Waals surface area contributed by atoms with Gasteiger partial charge in [0.15, 0.2) is 0 Å². The fourth-order valence-electron chi connectivity index (χ4n) is 3.78. The van der Waals surface area contributed by atoms with Crippen molar-refractivity contribution < 1.29 is 19.0 Å². The lowest BCUT2D eigenvalue weighted by Crippen LogP contribution is -2.27. The number of hydrogen-bond donors (Lipinski definition) is 0. The van der Waals surface area contributed by atoms with Crippen LogP contribution in [0.5, 0.6) is 11.5 Å². The Morgan fingerprint density at radius 3 is 2.72 bits per heavy atom. The van der Waals surface area contributed by atoms with Crippen LogP contribution in [0.15, 0.2) is 30.6 Å². The van der Waals surface area contributed by atoms with Crippen LogP contribution in [-0.4, -0.2) is 34.8 Å². The number of carbonyl (C=O) groups excluding carboxylic acids is 1. The van der Waals surface area contributed by atoms with E-state index in [-0.39, 0.29) is 24.5 Å². The molecule has 2 aromatic rings. The second kappa shape index (κ2) is 11.4. The summed E-state index contributed by atoms with van der Waals surface area (Å²) < 4.78 is 19.5. The van der Waals surface area contributed by atoms with Crippen LogP contribution in [0, 0.1) is 5.41 Å². The average Bonchev–Trinajstić information content (AvgIpc) is 3.17. The molecule has 7 heteroatoms. The molecule has 2 heterocycles. The average molecular weight is 463 g/mol. The monoisotopic (exact) mass is 462 g/mol. The normalized spacial score (nSPS) is 15.2. The first kappa shape index (κ1) is 25.8. The van der Waals surface area contributed by atoms with E-state index in [9.17, 15) is 4.79 Å². The lowest BCUT2D eigenvalue weighted by molar-refractivity contribution is -0.153. The highest BCUT2D eigenvalue weighted by molar-refractivity contribution is 5.86. The predicted molar refractivity (Wildman–Crippen MR) is 129 cm³/mol. The summed E-state index contributed by atoms with van der Waals surface area (Å²) in [5, 5.41) is 0. The van der Waals surface area contributed by atoms with Gasteiger partial charge in [0, 0.05) is 30.6 Å². The zero-order valence-corrected chi connectivity index (χ0v) is 20.5. The van der Waals surface area contributed by atoms with Crippen molar-refractivity contribution in [3.05, 3.63) is 42.0 Å². The first-order chi connectivity index (χ1) is 14.9. The van der Waals surface area contributed by atoms with Gasteiger partial charge >= 0.3 is 5.97 Å². The van der Waals surface area contributed by atoms with Gasteiger partial charge in [-0.3, -0.25) is 4.79 Å². The van der Waals surface area contributed by atoms with Crippen LogP contribution >= 0.6 is 12.4 Å². The van der Waals surface area contributed by atoms with Crippen molar-refractivity contribution in [2.45, 2.75) is 59.5 Å². The summed E-state index contributed by atoms with van der Waals surface area (Å²) in [5.74, 6) is 2.43. The molecule has 1 aliphatic heterocycles. The van der Waals surface area contributed by atoms with Crippen molar-refractivity contribution in [3.8, 4) is 11.5 Å². The van der Waals surface area contributed by atoms with Crippen LogP contribution in [0.1, 0.15) is 64.8 Å². The highest BCUT2D eigenvalue weighted by Gasteiger charge is 2.29. The maximum Gasteiger partial charge on any atom is 0.311 e. The van der Waals surface area contributed by atoms with E-state index in [4.69, 9.17) is 14.2 Å². The number of ether oxygens (including phenoxy) is 3. The summed E-state index contributed by atoms with van der Waals surface area (Å²) in [7, 11) is 2.00. The molecule has 0 saturated heterocycles. The van der Waals surface area contributed by atoms with Gasteiger partial charge in [-0.15, -0.1) is 12.4 Å². The molecule has 6 nitrogen and oxygen atoms in total. The smallest absolute Gasteiger partial charge is 0.311 e. The van der Waals surface area contributed by atoms with Crippen molar-refractivity contribution in [1.29, 1.82) is 0 Å². The second-order valence-corrected chi connectivity index (χ2v) is 8.61. The molecule has 1 aromatic heterocycles. The Morgan fingerprint density at radius 2 is 2.06 bits per heavy atom. The van der Waals surface area contributed by atoms with Crippen LogP contribution in [-0.2, 0) is 16.6 Å². The van der Waals surface area contributed by atoms with Gasteiger partial charge in [-0.05, 0) is 64.3 Å². The predicted octanol–water partition coefficient (Wildman–Crippen LogP) is 5.69. The maximum absolute atomic E-state index is 12.0. The van der Waals surface area contributed by atoms with Gasteiger partial charge < -0.3 is 18.8 Å². The van der Waals surface area contributed by atoms with Crippen LogP contribution in [0.4, 0.5) is 0 Å². The third kappa shape index (κ3) is 6.06. The number of rotatable bonds is 10. The molecule has 0 amide bonds.